The van der Waals surface area contributed by atoms with Crippen molar-refractivity contribution in [2.24, 2.45) is 5.92 Å². The summed E-state index contributed by atoms with van der Waals surface area (Å²) < 4.78 is 10.6. The van der Waals surface area contributed by atoms with Gasteiger partial charge in [0.15, 0.2) is 5.79 Å². The first kappa shape index (κ1) is 9.96. The summed E-state index contributed by atoms with van der Waals surface area (Å²) >= 11 is 0. The fourth-order valence-corrected chi connectivity index (χ4v) is 1.95. The van der Waals surface area contributed by atoms with Gasteiger partial charge in [-0.25, -0.2) is 0 Å². The fourth-order valence-electron chi connectivity index (χ4n) is 1.95. The molecule has 1 rings (SSSR count). The molecule has 0 aliphatic heterocycles. The van der Waals surface area contributed by atoms with Gasteiger partial charge in [0.05, 0.1) is 0 Å². The molecule has 0 spiro atoms. The molecule has 1 aliphatic rings. The molecule has 1 saturated carbocycles. The van der Waals surface area contributed by atoms with Crippen molar-refractivity contribution < 1.29 is 14.6 Å². The highest BCUT2D eigenvalue weighted by molar-refractivity contribution is 4.82. The van der Waals surface area contributed by atoms with Crippen LogP contribution < -0.4 is 0 Å². The van der Waals surface area contributed by atoms with Gasteiger partial charge in [-0.2, -0.15) is 0 Å². The number of methoxy groups -OCH3 is 2. The molecule has 0 saturated heterocycles. The van der Waals surface area contributed by atoms with Gasteiger partial charge in [0.25, 0.3) is 0 Å². The Morgan fingerprint density at radius 3 is 2.50 bits per heavy atom. The van der Waals surface area contributed by atoms with Gasteiger partial charge in [0.1, 0.15) is 0 Å². The second kappa shape index (κ2) is 4.21. The van der Waals surface area contributed by atoms with Crippen molar-refractivity contribution in [1.29, 1.82) is 0 Å². The van der Waals surface area contributed by atoms with E-state index in [1.807, 2.05) is 0 Å². The zero-order valence-corrected chi connectivity index (χ0v) is 7.88. The molecule has 0 aromatic heterocycles. The third-order valence-electron chi connectivity index (χ3n) is 2.81. The molecule has 12 heavy (non-hydrogen) atoms. The van der Waals surface area contributed by atoms with Crippen LogP contribution in [0.4, 0.5) is 0 Å². The van der Waals surface area contributed by atoms with E-state index in [0.29, 0.717) is 5.92 Å². The Balaban J connectivity index is 2.41. The standard InChI is InChI=1S/C9H18O3/c1-11-9(12-2)5-3-8(7-9)4-6-10/h8,10H,3-7H2,1-2H3/t8-/m1/s1. The van der Waals surface area contributed by atoms with Crippen LogP contribution in [0.5, 0.6) is 0 Å². The van der Waals surface area contributed by atoms with E-state index in [4.69, 9.17) is 14.6 Å². The summed E-state index contributed by atoms with van der Waals surface area (Å²) in [4.78, 5) is 0. The molecule has 0 heterocycles. The number of ether oxygens (including phenoxy) is 2. The molecule has 0 unspecified atom stereocenters. The molecule has 1 aliphatic carbocycles. The molecular weight excluding hydrogens is 156 g/mol. The summed E-state index contributed by atoms with van der Waals surface area (Å²) in [5, 5.41) is 8.76. The predicted octanol–water partition coefficient (Wildman–Crippen LogP) is 1.16. The molecule has 72 valence electrons. The molecule has 1 fully saturated rings. The summed E-state index contributed by atoms with van der Waals surface area (Å²) in [6, 6.07) is 0. The molecule has 0 amide bonds. The third kappa shape index (κ3) is 1.97. The highest BCUT2D eigenvalue weighted by Gasteiger charge is 2.38. The van der Waals surface area contributed by atoms with Crippen LogP contribution in [0.25, 0.3) is 0 Å². The monoisotopic (exact) mass is 174 g/mol. The van der Waals surface area contributed by atoms with Gasteiger partial charge < -0.3 is 14.6 Å². The van der Waals surface area contributed by atoms with Crippen molar-refractivity contribution in [3.05, 3.63) is 0 Å². The Labute approximate surface area is 73.7 Å². The fraction of sp³-hybridized carbons (Fsp3) is 1.00. The molecule has 3 nitrogen and oxygen atoms in total. The lowest BCUT2D eigenvalue weighted by molar-refractivity contribution is -0.202. The van der Waals surface area contributed by atoms with Crippen molar-refractivity contribution in [2.45, 2.75) is 31.5 Å². The lowest BCUT2D eigenvalue weighted by atomic mass is 10.0. The first-order valence-electron chi connectivity index (χ1n) is 4.47. The van der Waals surface area contributed by atoms with Gasteiger partial charge in [-0.15, -0.1) is 0 Å². The predicted molar refractivity (Wildman–Crippen MR) is 45.8 cm³/mol. The van der Waals surface area contributed by atoms with Crippen LogP contribution in [0.1, 0.15) is 25.7 Å². The number of rotatable bonds is 4. The van der Waals surface area contributed by atoms with Gasteiger partial charge >= 0.3 is 0 Å². The average molecular weight is 174 g/mol. The maximum atomic E-state index is 8.76. The summed E-state index contributed by atoms with van der Waals surface area (Å²) in [5.41, 5.74) is 0. The maximum absolute atomic E-state index is 8.76. The van der Waals surface area contributed by atoms with Gasteiger partial charge in [-0.1, -0.05) is 0 Å². The van der Waals surface area contributed by atoms with Crippen LogP contribution in [0.15, 0.2) is 0 Å². The van der Waals surface area contributed by atoms with Gasteiger partial charge in [0.2, 0.25) is 0 Å². The lowest BCUT2D eigenvalue weighted by Gasteiger charge is -2.25. The highest BCUT2D eigenvalue weighted by Crippen LogP contribution is 2.38. The van der Waals surface area contributed by atoms with Gasteiger partial charge in [0, 0.05) is 33.7 Å². The topological polar surface area (TPSA) is 38.7 Å². The van der Waals surface area contributed by atoms with Crippen LogP contribution in [0.2, 0.25) is 0 Å². The Morgan fingerprint density at radius 1 is 1.42 bits per heavy atom. The van der Waals surface area contributed by atoms with Crippen LogP contribution in [-0.4, -0.2) is 31.7 Å². The smallest absolute Gasteiger partial charge is 0.167 e. The molecule has 1 N–H and O–H groups in total. The largest absolute Gasteiger partial charge is 0.396 e. The Bertz CT molecular complexity index is 132. The van der Waals surface area contributed by atoms with Gasteiger partial charge in [-0.05, 0) is 18.8 Å². The molecule has 1 atom stereocenters. The van der Waals surface area contributed by atoms with Crippen LogP contribution >= 0.6 is 0 Å². The Hall–Kier alpha value is -0.120. The minimum atomic E-state index is -0.361. The number of aliphatic hydroxyl groups is 1. The Kier molecular flexibility index (Phi) is 3.50. The van der Waals surface area contributed by atoms with E-state index >= 15 is 0 Å². The minimum absolute atomic E-state index is 0.272. The lowest BCUT2D eigenvalue weighted by Crippen LogP contribution is -2.30. The average Bonchev–Trinajstić information content (AvgIpc) is 2.50. The molecular formula is C9H18O3. The van der Waals surface area contributed by atoms with Crippen molar-refractivity contribution in [3.8, 4) is 0 Å². The number of hydrogen-bond acceptors (Lipinski definition) is 3. The minimum Gasteiger partial charge on any atom is -0.396 e. The molecule has 0 bridgehead atoms. The summed E-state index contributed by atoms with van der Waals surface area (Å²) in [6.45, 7) is 0.272. The first-order valence-corrected chi connectivity index (χ1v) is 4.47. The third-order valence-corrected chi connectivity index (χ3v) is 2.81. The second-order valence-electron chi connectivity index (χ2n) is 3.44. The van der Waals surface area contributed by atoms with E-state index in [1.165, 1.54) is 0 Å². The Morgan fingerprint density at radius 2 is 2.08 bits per heavy atom. The zero-order valence-electron chi connectivity index (χ0n) is 7.88. The summed E-state index contributed by atoms with van der Waals surface area (Å²) in [5.74, 6) is 0.203. The van der Waals surface area contributed by atoms with E-state index in [0.717, 1.165) is 25.7 Å². The van der Waals surface area contributed by atoms with E-state index in [-0.39, 0.29) is 12.4 Å². The normalized spacial score (nSPS) is 27.8. The summed E-state index contributed by atoms with van der Waals surface area (Å²) in [6.07, 6.45) is 3.84. The van der Waals surface area contributed by atoms with Crippen molar-refractivity contribution in [2.75, 3.05) is 20.8 Å². The van der Waals surface area contributed by atoms with Crippen LogP contribution in [0, 0.1) is 5.92 Å². The van der Waals surface area contributed by atoms with E-state index in [1.54, 1.807) is 14.2 Å². The SMILES string of the molecule is COC1(OC)CC[C@H](CCO)C1. The highest BCUT2D eigenvalue weighted by atomic mass is 16.7. The van der Waals surface area contributed by atoms with E-state index < -0.39 is 0 Å². The maximum Gasteiger partial charge on any atom is 0.167 e. The van der Waals surface area contributed by atoms with Crippen LogP contribution in [0.3, 0.4) is 0 Å². The van der Waals surface area contributed by atoms with Crippen molar-refractivity contribution in [1.82, 2.24) is 0 Å². The zero-order chi connectivity index (χ0) is 9.03. The molecule has 3 heteroatoms. The van der Waals surface area contributed by atoms with Gasteiger partial charge in [-0.3, -0.25) is 0 Å². The summed E-state index contributed by atoms with van der Waals surface area (Å²) in [7, 11) is 3.37. The quantitative estimate of drug-likeness (QED) is 0.650. The second-order valence-corrected chi connectivity index (χ2v) is 3.44. The van der Waals surface area contributed by atoms with Crippen molar-refractivity contribution in [3.63, 3.8) is 0 Å². The van der Waals surface area contributed by atoms with Crippen LogP contribution in [-0.2, 0) is 9.47 Å². The first-order chi connectivity index (χ1) is 5.76. The molecule has 0 radical (unpaired) electrons. The number of hydrogen-bond donors (Lipinski definition) is 1. The van der Waals surface area contributed by atoms with E-state index in [2.05, 4.69) is 0 Å². The van der Waals surface area contributed by atoms with E-state index in [9.17, 15) is 0 Å². The molecule has 0 aromatic carbocycles. The van der Waals surface area contributed by atoms with Crippen molar-refractivity contribution >= 4 is 0 Å². The molecule has 0 aromatic rings. The number of aliphatic hydroxyl groups excluding tert-OH is 1.